The van der Waals surface area contributed by atoms with Crippen molar-refractivity contribution < 1.29 is 9.21 Å². The molecule has 0 fully saturated rings. The molecule has 7 heteroatoms. The maximum absolute atomic E-state index is 13.1. The van der Waals surface area contributed by atoms with Crippen LogP contribution in [0, 0.1) is 6.92 Å². The lowest BCUT2D eigenvalue weighted by atomic mass is 10.1. The molecule has 0 atom stereocenters. The third-order valence-electron chi connectivity index (χ3n) is 4.95. The Labute approximate surface area is 173 Å². The standard InChI is InChI=1S/C22H22N4O2S/c1-4-14(5-2)21-25-26-22(29-21)24-20(27)16-12-18(19-11-10-13(3)28-19)23-17-9-7-6-8-15(16)17/h6-12,14H,4-5H2,1-3H3,(H,24,26,27). The first kappa shape index (κ1) is 19.3. The van der Waals surface area contributed by atoms with Crippen molar-refractivity contribution in [1.82, 2.24) is 15.2 Å². The highest BCUT2D eigenvalue weighted by Crippen LogP contribution is 2.30. The Morgan fingerprint density at radius 2 is 1.93 bits per heavy atom. The SMILES string of the molecule is CCC(CC)c1nnc(NC(=O)c2cc(-c3ccc(C)o3)nc3ccccc23)s1. The van der Waals surface area contributed by atoms with Gasteiger partial charge in [-0.3, -0.25) is 10.1 Å². The van der Waals surface area contributed by atoms with Gasteiger partial charge in [0.15, 0.2) is 5.76 Å². The smallest absolute Gasteiger partial charge is 0.258 e. The summed E-state index contributed by atoms with van der Waals surface area (Å²) in [6.45, 7) is 6.15. The van der Waals surface area contributed by atoms with Gasteiger partial charge in [0, 0.05) is 11.3 Å². The van der Waals surface area contributed by atoms with E-state index in [0.29, 0.717) is 28.1 Å². The molecule has 1 N–H and O–H groups in total. The van der Waals surface area contributed by atoms with Crippen LogP contribution in [0.25, 0.3) is 22.4 Å². The number of nitrogens with one attached hydrogen (secondary N) is 1. The van der Waals surface area contributed by atoms with E-state index < -0.39 is 0 Å². The zero-order chi connectivity index (χ0) is 20.4. The Morgan fingerprint density at radius 3 is 2.66 bits per heavy atom. The van der Waals surface area contributed by atoms with E-state index in [1.165, 1.54) is 11.3 Å². The third kappa shape index (κ3) is 3.91. The molecular formula is C22H22N4O2S. The molecule has 148 valence electrons. The molecule has 0 bridgehead atoms. The number of hydrogen-bond donors (Lipinski definition) is 1. The number of nitrogens with zero attached hydrogens (tertiary/aromatic N) is 3. The van der Waals surface area contributed by atoms with Crippen molar-refractivity contribution in [3.05, 3.63) is 58.8 Å². The number of para-hydroxylation sites is 1. The minimum absolute atomic E-state index is 0.236. The molecule has 0 saturated carbocycles. The fraction of sp³-hybridized carbons (Fsp3) is 0.273. The van der Waals surface area contributed by atoms with Gasteiger partial charge in [-0.1, -0.05) is 43.4 Å². The second-order valence-electron chi connectivity index (χ2n) is 6.90. The van der Waals surface area contributed by atoms with E-state index in [1.807, 2.05) is 43.3 Å². The summed E-state index contributed by atoms with van der Waals surface area (Å²) in [5.41, 5.74) is 1.88. The molecule has 0 aliphatic heterocycles. The summed E-state index contributed by atoms with van der Waals surface area (Å²) in [6, 6.07) is 13.1. The summed E-state index contributed by atoms with van der Waals surface area (Å²) < 4.78 is 5.71. The number of amides is 1. The van der Waals surface area contributed by atoms with Gasteiger partial charge in [-0.05, 0) is 44.0 Å². The van der Waals surface area contributed by atoms with Gasteiger partial charge in [-0.15, -0.1) is 10.2 Å². The average Bonchev–Trinajstić information content (AvgIpc) is 3.37. The first-order chi connectivity index (χ1) is 14.1. The molecule has 0 aliphatic carbocycles. The van der Waals surface area contributed by atoms with Crippen molar-refractivity contribution in [3.8, 4) is 11.5 Å². The van der Waals surface area contributed by atoms with Crippen LogP contribution >= 0.6 is 11.3 Å². The number of aromatic nitrogens is 3. The van der Waals surface area contributed by atoms with Gasteiger partial charge in [0.25, 0.3) is 5.91 Å². The minimum atomic E-state index is -0.236. The molecule has 3 aromatic heterocycles. The maximum Gasteiger partial charge on any atom is 0.258 e. The highest BCUT2D eigenvalue weighted by molar-refractivity contribution is 7.15. The van der Waals surface area contributed by atoms with Crippen molar-refractivity contribution in [2.75, 3.05) is 5.32 Å². The summed E-state index contributed by atoms with van der Waals surface area (Å²) in [4.78, 5) is 17.8. The molecule has 6 nitrogen and oxygen atoms in total. The number of anilines is 1. The van der Waals surface area contributed by atoms with Crippen molar-refractivity contribution >= 4 is 33.3 Å². The number of benzene rings is 1. The fourth-order valence-electron chi connectivity index (χ4n) is 3.31. The predicted molar refractivity (Wildman–Crippen MR) is 115 cm³/mol. The Morgan fingerprint density at radius 1 is 1.14 bits per heavy atom. The monoisotopic (exact) mass is 406 g/mol. The van der Waals surface area contributed by atoms with Gasteiger partial charge >= 0.3 is 0 Å². The number of rotatable bonds is 6. The highest BCUT2D eigenvalue weighted by Gasteiger charge is 2.18. The molecular weight excluding hydrogens is 384 g/mol. The van der Waals surface area contributed by atoms with Crippen LogP contribution in [0.2, 0.25) is 0 Å². The van der Waals surface area contributed by atoms with E-state index in [-0.39, 0.29) is 5.91 Å². The zero-order valence-corrected chi connectivity index (χ0v) is 17.4. The van der Waals surface area contributed by atoms with Gasteiger partial charge in [-0.25, -0.2) is 4.98 Å². The maximum atomic E-state index is 13.1. The van der Waals surface area contributed by atoms with Crippen LogP contribution in [0.15, 0.2) is 46.9 Å². The molecule has 0 aliphatic rings. The second kappa shape index (κ2) is 8.13. The van der Waals surface area contributed by atoms with Crippen molar-refractivity contribution in [1.29, 1.82) is 0 Å². The van der Waals surface area contributed by atoms with Crippen molar-refractivity contribution in [3.63, 3.8) is 0 Å². The van der Waals surface area contributed by atoms with Crippen molar-refractivity contribution in [2.45, 2.75) is 39.5 Å². The van der Waals surface area contributed by atoms with E-state index in [2.05, 4.69) is 34.3 Å². The summed E-state index contributed by atoms with van der Waals surface area (Å²) >= 11 is 1.43. The third-order valence-corrected chi connectivity index (χ3v) is 5.95. The van der Waals surface area contributed by atoms with Crippen molar-refractivity contribution in [2.24, 2.45) is 0 Å². The van der Waals surface area contributed by atoms with Gasteiger partial charge < -0.3 is 4.42 Å². The molecule has 4 aromatic rings. The Balaban J connectivity index is 1.70. The lowest BCUT2D eigenvalue weighted by Gasteiger charge is -2.08. The molecule has 0 saturated heterocycles. The summed E-state index contributed by atoms with van der Waals surface area (Å²) in [7, 11) is 0. The molecule has 29 heavy (non-hydrogen) atoms. The average molecular weight is 407 g/mol. The molecule has 0 unspecified atom stereocenters. The van der Waals surface area contributed by atoms with E-state index in [0.717, 1.165) is 34.5 Å². The lowest BCUT2D eigenvalue weighted by Crippen LogP contribution is -2.13. The first-order valence-electron chi connectivity index (χ1n) is 9.70. The van der Waals surface area contributed by atoms with Gasteiger partial charge in [0.1, 0.15) is 16.5 Å². The van der Waals surface area contributed by atoms with E-state index in [4.69, 9.17) is 4.42 Å². The van der Waals surface area contributed by atoms with Crippen LogP contribution < -0.4 is 5.32 Å². The van der Waals surface area contributed by atoms with E-state index >= 15 is 0 Å². The van der Waals surface area contributed by atoms with Crippen LogP contribution in [-0.2, 0) is 0 Å². The number of aryl methyl sites for hydroxylation is 1. The largest absolute Gasteiger partial charge is 0.460 e. The summed E-state index contributed by atoms with van der Waals surface area (Å²) in [6.07, 6.45) is 2.00. The molecule has 1 amide bonds. The van der Waals surface area contributed by atoms with Crippen LogP contribution in [0.4, 0.5) is 5.13 Å². The summed E-state index contributed by atoms with van der Waals surface area (Å²) in [5.74, 6) is 1.56. The molecule has 1 aromatic carbocycles. The summed E-state index contributed by atoms with van der Waals surface area (Å²) in [5, 5.41) is 13.6. The highest BCUT2D eigenvalue weighted by atomic mass is 32.1. The number of hydrogen-bond acceptors (Lipinski definition) is 6. The van der Waals surface area contributed by atoms with Gasteiger partial charge in [0.2, 0.25) is 5.13 Å². The zero-order valence-electron chi connectivity index (χ0n) is 16.6. The molecule has 0 radical (unpaired) electrons. The Kier molecular flexibility index (Phi) is 5.40. The molecule has 0 spiro atoms. The number of pyridine rings is 1. The normalized spacial score (nSPS) is 11.3. The van der Waals surface area contributed by atoms with Crippen LogP contribution in [0.3, 0.4) is 0 Å². The minimum Gasteiger partial charge on any atom is -0.460 e. The van der Waals surface area contributed by atoms with E-state index in [9.17, 15) is 4.79 Å². The van der Waals surface area contributed by atoms with Crippen LogP contribution in [-0.4, -0.2) is 21.1 Å². The number of fused-ring (bicyclic) bond motifs is 1. The fourth-order valence-corrected chi connectivity index (χ4v) is 4.32. The molecule has 3 heterocycles. The Bertz CT molecular complexity index is 1160. The topological polar surface area (TPSA) is 80.9 Å². The van der Waals surface area contributed by atoms with Crippen LogP contribution in [0.5, 0.6) is 0 Å². The van der Waals surface area contributed by atoms with E-state index in [1.54, 1.807) is 6.07 Å². The van der Waals surface area contributed by atoms with Gasteiger partial charge in [-0.2, -0.15) is 0 Å². The second-order valence-corrected chi connectivity index (χ2v) is 7.90. The Hall–Kier alpha value is -3.06. The number of carbonyl (C=O) groups excluding carboxylic acids is 1. The number of furan rings is 1. The molecule has 4 rings (SSSR count). The predicted octanol–water partition coefficient (Wildman–Crippen LogP) is 5.81. The number of carbonyl (C=O) groups is 1. The quantitative estimate of drug-likeness (QED) is 0.437. The van der Waals surface area contributed by atoms with Crippen LogP contribution in [0.1, 0.15) is 53.7 Å². The lowest BCUT2D eigenvalue weighted by molar-refractivity contribution is 0.102. The first-order valence-corrected chi connectivity index (χ1v) is 10.5. The van der Waals surface area contributed by atoms with Gasteiger partial charge in [0.05, 0.1) is 11.1 Å².